The summed E-state index contributed by atoms with van der Waals surface area (Å²) in [5.41, 5.74) is 1.78. The Hall–Kier alpha value is -1.76. The van der Waals surface area contributed by atoms with Crippen molar-refractivity contribution in [2.24, 2.45) is 0 Å². The number of thiocarbonyl (C=S) groups is 1. The van der Waals surface area contributed by atoms with Gasteiger partial charge < -0.3 is 0 Å². The van der Waals surface area contributed by atoms with Gasteiger partial charge in [-0.3, -0.25) is 9.59 Å². The maximum Gasteiger partial charge on any atom is 0.298 e. The van der Waals surface area contributed by atoms with Crippen LogP contribution in [0.2, 0.25) is 0 Å². The average molecular weight is 418 g/mol. The number of thioether (sulfide) groups is 1. The number of halogens is 1. The molecule has 1 heterocycles. The minimum atomic E-state index is -0.343. The molecule has 0 saturated carbocycles. The molecule has 3 rings (SSSR count). The summed E-state index contributed by atoms with van der Waals surface area (Å²) in [4.78, 5) is 26.7. The predicted octanol–water partition coefficient (Wildman–Crippen LogP) is 5.06. The fourth-order valence-corrected chi connectivity index (χ4v) is 3.78. The second-order valence-corrected chi connectivity index (χ2v) is 7.42. The lowest BCUT2D eigenvalue weighted by Gasteiger charge is -2.12. The van der Waals surface area contributed by atoms with Crippen LogP contribution in [0.3, 0.4) is 0 Å². The first-order chi connectivity index (χ1) is 11.5. The van der Waals surface area contributed by atoms with E-state index in [2.05, 4.69) is 15.9 Å². The Kier molecular flexibility index (Phi) is 5.28. The molecule has 120 valence electrons. The van der Waals surface area contributed by atoms with Crippen LogP contribution in [0.15, 0.2) is 64.0 Å². The van der Waals surface area contributed by atoms with Crippen molar-refractivity contribution in [2.75, 3.05) is 0 Å². The minimum Gasteiger partial charge on any atom is -0.274 e. The van der Waals surface area contributed by atoms with E-state index in [1.54, 1.807) is 0 Å². The highest BCUT2D eigenvalue weighted by Gasteiger charge is 2.36. The van der Waals surface area contributed by atoms with Crippen LogP contribution >= 0.6 is 39.9 Å². The molecule has 1 aliphatic rings. The Morgan fingerprint density at radius 1 is 1.12 bits per heavy atom. The maximum atomic E-state index is 12.5. The van der Waals surface area contributed by atoms with Crippen molar-refractivity contribution in [1.82, 2.24) is 4.90 Å². The molecule has 0 aliphatic carbocycles. The summed E-state index contributed by atoms with van der Waals surface area (Å²) in [7, 11) is 0. The Morgan fingerprint density at radius 3 is 2.46 bits per heavy atom. The maximum absolute atomic E-state index is 12.5. The third-order valence-corrected chi connectivity index (χ3v) is 5.36. The van der Waals surface area contributed by atoms with Crippen LogP contribution in [0.1, 0.15) is 11.1 Å². The molecule has 0 N–H and O–H groups in total. The molecule has 24 heavy (non-hydrogen) atoms. The summed E-state index contributed by atoms with van der Waals surface area (Å²) in [6.07, 6.45) is 1.97. The molecule has 0 spiro atoms. The molecule has 2 aromatic rings. The van der Waals surface area contributed by atoms with E-state index in [4.69, 9.17) is 12.2 Å². The Balaban J connectivity index is 1.77. The lowest BCUT2D eigenvalue weighted by Crippen LogP contribution is -2.35. The number of carbonyl (C=O) groups excluding carboxylic acids is 2. The van der Waals surface area contributed by atoms with Gasteiger partial charge in [-0.25, -0.2) is 4.90 Å². The van der Waals surface area contributed by atoms with Gasteiger partial charge >= 0.3 is 0 Å². The van der Waals surface area contributed by atoms with E-state index in [0.717, 1.165) is 32.3 Å². The van der Waals surface area contributed by atoms with Crippen molar-refractivity contribution in [3.8, 4) is 0 Å². The molecule has 2 aromatic carbocycles. The number of imide groups is 1. The minimum absolute atomic E-state index is 0.137. The van der Waals surface area contributed by atoms with Gasteiger partial charge in [-0.2, -0.15) is 0 Å². The molecule has 0 aromatic heterocycles. The summed E-state index contributed by atoms with van der Waals surface area (Å²) < 4.78 is 0.940. The number of rotatable bonds is 3. The fourth-order valence-electron chi connectivity index (χ4n) is 2.24. The third kappa shape index (κ3) is 3.83. The van der Waals surface area contributed by atoms with Gasteiger partial charge in [0.05, 0.1) is 11.3 Å². The molecule has 0 atom stereocenters. The molecule has 1 saturated heterocycles. The van der Waals surface area contributed by atoms with E-state index in [-0.39, 0.29) is 22.6 Å². The number of amides is 2. The van der Waals surface area contributed by atoms with Crippen molar-refractivity contribution in [1.29, 1.82) is 0 Å². The van der Waals surface area contributed by atoms with E-state index < -0.39 is 0 Å². The van der Waals surface area contributed by atoms with Crippen molar-refractivity contribution < 1.29 is 9.59 Å². The van der Waals surface area contributed by atoms with E-state index in [1.807, 2.05) is 60.7 Å². The molecule has 0 radical (unpaired) electrons. The Bertz CT molecular complexity index is 832. The molecule has 1 fully saturated rings. The van der Waals surface area contributed by atoms with Crippen LogP contribution in [-0.4, -0.2) is 21.0 Å². The lowest BCUT2D eigenvalue weighted by molar-refractivity contribution is -0.124. The second-order valence-electron chi connectivity index (χ2n) is 5.12. The van der Waals surface area contributed by atoms with Crippen molar-refractivity contribution in [3.05, 3.63) is 75.1 Å². The highest BCUT2D eigenvalue weighted by Crippen LogP contribution is 2.33. The number of nitrogens with zero attached hydrogens (tertiary/aromatic N) is 1. The summed E-state index contributed by atoms with van der Waals surface area (Å²) >= 11 is 9.69. The van der Waals surface area contributed by atoms with Gasteiger partial charge in [-0.1, -0.05) is 70.6 Å². The van der Waals surface area contributed by atoms with Gasteiger partial charge in [0.15, 0.2) is 0 Å². The van der Waals surface area contributed by atoms with E-state index in [1.165, 1.54) is 0 Å². The van der Waals surface area contributed by atoms with Crippen LogP contribution < -0.4 is 0 Å². The molecule has 3 nitrogen and oxygen atoms in total. The zero-order chi connectivity index (χ0) is 17.1. The summed E-state index contributed by atoms with van der Waals surface area (Å²) in [6.45, 7) is 0. The SMILES string of the molecule is O=C(Cc1ccc(Br)cc1)N1C(=O)S/C(=C/c2ccccc2)C1=S. The first kappa shape index (κ1) is 17.1. The smallest absolute Gasteiger partial charge is 0.274 e. The van der Waals surface area contributed by atoms with E-state index in [9.17, 15) is 9.59 Å². The number of carbonyl (C=O) groups is 2. The van der Waals surface area contributed by atoms with Crippen LogP contribution in [0.4, 0.5) is 4.79 Å². The highest BCUT2D eigenvalue weighted by atomic mass is 79.9. The van der Waals surface area contributed by atoms with Gasteiger partial charge in [-0.15, -0.1) is 0 Å². The molecule has 0 bridgehead atoms. The number of benzene rings is 2. The van der Waals surface area contributed by atoms with Crippen molar-refractivity contribution >= 4 is 62.1 Å². The average Bonchev–Trinajstić information content (AvgIpc) is 2.84. The molecular formula is C18H12BrNO2S2. The zero-order valence-corrected chi connectivity index (χ0v) is 15.7. The van der Waals surface area contributed by atoms with Gasteiger partial charge in [-0.05, 0) is 41.1 Å². The van der Waals surface area contributed by atoms with Gasteiger partial charge in [0.1, 0.15) is 4.99 Å². The van der Waals surface area contributed by atoms with Gasteiger partial charge in [0, 0.05) is 4.47 Å². The van der Waals surface area contributed by atoms with Crippen molar-refractivity contribution in [2.45, 2.75) is 6.42 Å². The van der Waals surface area contributed by atoms with Crippen molar-refractivity contribution in [3.63, 3.8) is 0 Å². The largest absolute Gasteiger partial charge is 0.298 e. The first-order valence-corrected chi connectivity index (χ1v) is 9.16. The number of hydrogen-bond donors (Lipinski definition) is 0. The highest BCUT2D eigenvalue weighted by molar-refractivity contribution is 9.10. The Morgan fingerprint density at radius 2 is 1.79 bits per heavy atom. The zero-order valence-electron chi connectivity index (χ0n) is 12.4. The molecule has 2 amide bonds. The summed E-state index contributed by atoms with van der Waals surface area (Å²) in [5.74, 6) is -0.309. The number of hydrogen-bond acceptors (Lipinski definition) is 4. The van der Waals surface area contributed by atoms with Crippen LogP contribution in [-0.2, 0) is 11.2 Å². The van der Waals surface area contributed by atoms with Crippen LogP contribution in [0.25, 0.3) is 6.08 Å². The van der Waals surface area contributed by atoms with Gasteiger partial charge in [0.2, 0.25) is 5.91 Å². The lowest BCUT2D eigenvalue weighted by atomic mass is 10.1. The molecular weight excluding hydrogens is 406 g/mol. The van der Waals surface area contributed by atoms with Crippen LogP contribution in [0.5, 0.6) is 0 Å². The summed E-state index contributed by atoms with van der Waals surface area (Å²) in [5, 5.41) is -0.343. The second kappa shape index (κ2) is 7.42. The predicted molar refractivity (Wildman–Crippen MR) is 105 cm³/mol. The normalized spacial score (nSPS) is 16.0. The molecule has 0 unspecified atom stereocenters. The summed E-state index contributed by atoms with van der Waals surface area (Å²) in [6, 6.07) is 17.0. The topological polar surface area (TPSA) is 37.4 Å². The van der Waals surface area contributed by atoms with Gasteiger partial charge in [0.25, 0.3) is 5.24 Å². The monoisotopic (exact) mass is 417 g/mol. The Labute approximate surface area is 157 Å². The first-order valence-electron chi connectivity index (χ1n) is 7.15. The third-order valence-electron chi connectivity index (χ3n) is 3.41. The van der Waals surface area contributed by atoms with E-state index >= 15 is 0 Å². The quantitative estimate of drug-likeness (QED) is 0.516. The standard InChI is InChI=1S/C18H12BrNO2S2/c19-14-8-6-13(7-9-14)11-16(21)20-17(23)15(24-18(20)22)10-12-4-2-1-3-5-12/h1-10H,11H2/b15-10+. The molecule has 1 aliphatic heterocycles. The van der Waals surface area contributed by atoms with Crippen LogP contribution in [0, 0.1) is 0 Å². The molecule has 6 heteroatoms. The fraction of sp³-hybridized carbons (Fsp3) is 0.0556. The van der Waals surface area contributed by atoms with E-state index in [0.29, 0.717) is 4.91 Å².